The molecule has 2 aromatic rings. The van der Waals surface area contributed by atoms with Crippen molar-refractivity contribution in [2.75, 3.05) is 19.1 Å². The third kappa shape index (κ3) is 3.59. The van der Waals surface area contributed by atoms with Crippen molar-refractivity contribution in [3.8, 4) is 5.75 Å². The van der Waals surface area contributed by atoms with Crippen molar-refractivity contribution in [1.82, 2.24) is 0 Å². The van der Waals surface area contributed by atoms with E-state index in [4.69, 9.17) is 21.1 Å². The molecule has 0 bridgehead atoms. The Hall–Kier alpha value is -3.05. The molecule has 0 aromatic heterocycles. The molecule has 2 aromatic carbocycles. The standard InChI is InChI=1S/C21H18ClNO4/c1-13-19(21(25)27-3)20(24)18(12-14-4-10-17(26-2)11-5-14)23(13)16-8-6-15(22)7-9-16/h4-12H,1-3H3. The molecule has 1 aliphatic rings. The summed E-state index contributed by atoms with van der Waals surface area (Å²) in [5, 5.41) is 0.583. The molecule has 6 heteroatoms. The lowest BCUT2D eigenvalue weighted by Gasteiger charge is -2.21. The summed E-state index contributed by atoms with van der Waals surface area (Å²) in [4.78, 5) is 26.9. The Morgan fingerprint density at radius 2 is 1.67 bits per heavy atom. The van der Waals surface area contributed by atoms with Crippen LogP contribution in [0, 0.1) is 0 Å². The van der Waals surface area contributed by atoms with Crippen molar-refractivity contribution in [3.05, 3.63) is 76.1 Å². The first kappa shape index (κ1) is 18.7. The van der Waals surface area contributed by atoms with Crippen LogP contribution in [0.25, 0.3) is 6.08 Å². The maximum absolute atomic E-state index is 13.0. The number of anilines is 1. The van der Waals surface area contributed by atoms with Gasteiger partial charge in [0.05, 0.1) is 19.9 Å². The lowest BCUT2D eigenvalue weighted by atomic mass is 10.1. The number of rotatable bonds is 4. The normalized spacial score (nSPS) is 15.5. The fraction of sp³-hybridized carbons (Fsp3) is 0.143. The molecule has 3 rings (SSSR count). The number of nitrogens with zero attached hydrogens (tertiary/aromatic N) is 1. The minimum absolute atomic E-state index is 0.0206. The Kier molecular flexibility index (Phi) is 5.33. The summed E-state index contributed by atoms with van der Waals surface area (Å²) >= 11 is 5.98. The Morgan fingerprint density at radius 3 is 2.22 bits per heavy atom. The number of ketones is 1. The molecule has 138 valence electrons. The van der Waals surface area contributed by atoms with Gasteiger partial charge in [0.15, 0.2) is 0 Å². The number of allylic oxidation sites excluding steroid dienone is 2. The summed E-state index contributed by atoms with van der Waals surface area (Å²) in [6, 6.07) is 14.3. The zero-order valence-corrected chi connectivity index (χ0v) is 15.9. The van der Waals surface area contributed by atoms with Crippen molar-refractivity contribution in [2.24, 2.45) is 0 Å². The number of hydrogen-bond donors (Lipinski definition) is 0. The van der Waals surface area contributed by atoms with E-state index in [-0.39, 0.29) is 11.4 Å². The molecule has 0 radical (unpaired) electrons. The Balaban J connectivity index is 2.11. The van der Waals surface area contributed by atoms with E-state index in [2.05, 4.69) is 0 Å². The van der Waals surface area contributed by atoms with Crippen LogP contribution < -0.4 is 9.64 Å². The number of Topliss-reactive ketones (excluding diaryl/α,β-unsaturated/α-hetero) is 1. The lowest BCUT2D eigenvalue weighted by molar-refractivity contribution is -0.137. The van der Waals surface area contributed by atoms with Crippen LogP contribution in [0.4, 0.5) is 5.69 Å². The van der Waals surface area contributed by atoms with Gasteiger partial charge in [0.25, 0.3) is 0 Å². The van der Waals surface area contributed by atoms with Gasteiger partial charge in [-0.05, 0) is 55.0 Å². The summed E-state index contributed by atoms with van der Waals surface area (Å²) in [5.74, 6) is -0.325. The summed E-state index contributed by atoms with van der Waals surface area (Å²) in [6.45, 7) is 1.72. The monoisotopic (exact) mass is 383 g/mol. The highest BCUT2D eigenvalue weighted by Crippen LogP contribution is 2.36. The molecule has 0 unspecified atom stereocenters. The topological polar surface area (TPSA) is 55.8 Å². The van der Waals surface area contributed by atoms with Gasteiger partial charge in [-0.2, -0.15) is 0 Å². The lowest BCUT2D eigenvalue weighted by Crippen LogP contribution is -2.18. The molecule has 1 heterocycles. The minimum Gasteiger partial charge on any atom is -0.497 e. The van der Waals surface area contributed by atoms with E-state index in [9.17, 15) is 9.59 Å². The van der Waals surface area contributed by atoms with Crippen molar-refractivity contribution in [2.45, 2.75) is 6.92 Å². The SMILES string of the molecule is COC(=O)C1=C(C)N(c2ccc(Cl)cc2)C(=Cc2ccc(OC)cc2)C1=O. The molecule has 5 nitrogen and oxygen atoms in total. The number of carbonyl (C=O) groups excluding carboxylic acids is 2. The second-order valence-corrected chi connectivity index (χ2v) is 6.33. The van der Waals surface area contributed by atoms with Crippen molar-refractivity contribution < 1.29 is 19.1 Å². The van der Waals surface area contributed by atoms with Gasteiger partial charge < -0.3 is 14.4 Å². The van der Waals surface area contributed by atoms with E-state index in [0.29, 0.717) is 22.2 Å². The van der Waals surface area contributed by atoms with Crippen LogP contribution >= 0.6 is 11.6 Å². The van der Waals surface area contributed by atoms with Crippen LogP contribution in [0.1, 0.15) is 12.5 Å². The highest BCUT2D eigenvalue weighted by Gasteiger charge is 2.38. The molecular weight excluding hydrogens is 366 g/mol. The summed E-state index contributed by atoms with van der Waals surface area (Å²) in [6.07, 6.45) is 1.73. The maximum Gasteiger partial charge on any atom is 0.343 e. The second-order valence-electron chi connectivity index (χ2n) is 5.90. The van der Waals surface area contributed by atoms with Gasteiger partial charge in [0.1, 0.15) is 11.3 Å². The highest BCUT2D eigenvalue weighted by molar-refractivity contribution is 6.31. The number of hydrogen-bond acceptors (Lipinski definition) is 5. The van der Waals surface area contributed by atoms with Crippen LogP contribution in [0.15, 0.2) is 65.5 Å². The Morgan fingerprint density at radius 1 is 1.04 bits per heavy atom. The third-order valence-electron chi connectivity index (χ3n) is 4.29. The van der Waals surface area contributed by atoms with Crippen molar-refractivity contribution >= 4 is 35.1 Å². The van der Waals surface area contributed by atoms with Crippen molar-refractivity contribution in [3.63, 3.8) is 0 Å². The smallest absolute Gasteiger partial charge is 0.343 e. The van der Waals surface area contributed by atoms with Crippen LogP contribution in [0.3, 0.4) is 0 Å². The van der Waals surface area contributed by atoms with E-state index < -0.39 is 5.97 Å². The van der Waals surface area contributed by atoms with E-state index in [1.165, 1.54) is 7.11 Å². The largest absolute Gasteiger partial charge is 0.497 e. The highest BCUT2D eigenvalue weighted by atomic mass is 35.5. The number of halogens is 1. The average molecular weight is 384 g/mol. The number of carbonyl (C=O) groups is 2. The predicted octanol–water partition coefficient (Wildman–Crippen LogP) is 4.23. The third-order valence-corrected chi connectivity index (χ3v) is 4.54. The van der Waals surface area contributed by atoms with Crippen LogP contribution in [0.2, 0.25) is 5.02 Å². The predicted molar refractivity (Wildman–Crippen MR) is 105 cm³/mol. The van der Waals surface area contributed by atoms with E-state index >= 15 is 0 Å². The van der Waals surface area contributed by atoms with Crippen LogP contribution in [-0.2, 0) is 14.3 Å². The number of methoxy groups -OCH3 is 2. The average Bonchev–Trinajstić information content (AvgIpc) is 2.92. The molecule has 0 atom stereocenters. The van der Waals surface area contributed by atoms with E-state index in [1.54, 1.807) is 61.4 Å². The van der Waals surface area contributed by atoms with E-state index in [0.717, 1.165) is 11.3 Å². The molecule has 0 N–H and O–H groups in total. The van der Waals surface area contributed by atoms with Crippen molar-refractivity contribution in [1.29, 1.82) is 0 Å². The zero-order chi connectivity index (χ0) is 19.6. The van der Waals surface area contributed by atoms with Gasteiger partial charge in [-0.3, -0.25) is 4.79 Å². The van der Waals surface area contributed by atoms with Gasteiger partial charge in [-0.25, -0.2) is 4.79 Å². The van der Waals surface area contributed by atoms with E-state index in [1.807, 2.05) is 12.1 Å². The quantitative estimate of drug-likeness (QED) is 0.449. The van der Waals surface area contributed by atoms with Crippen LogP contribution in [0.5, 0.6) is 5.75 Å². The number of benzene rings is 2. The maximum atomic E-state index is 13.0. The molecular formula is C21H18ClNO4. The fourth-order valence-corrected chi connectivity index (χ4v) is 3.07. The zero-order valence-electron chi connectivity index (χ0n) is 15.2. The second kappa shape index (κ2) is 7.68. The first-order chi connectivity index (χ1) is 13.0. The fourth-order valence-electron chi connectivity index (χ4n) is 2.94. The summed E-state index contributed by atoms with van der Waals surface area (Å²) in [5.41, 5.74) is 2.42. The summed E-state index contributed by atoms with van der Waals surface area (Å²) in [7, 11) is 2.85. The Bertz CT molecular complexity index is 943. The molecule has 0 fully saturated rings. The minimum atomic E-state index is -0.658. The molecule has 1 aliphatic heterocycles. The molecule has 27 heavy (non-hydrogen) atoms. The van der Waals surface area contributed by atoms with Gasteiger partial charge in [-0.1, -0.05) is 23.7 Å². The molecule has 0 saturated heterocycles. The molecule has 0 amide bonds. The van der Waals surface area contributed by atoms with Gasteiger partial charge in [0.2, 0.25) is 5.78 Å². The molecule has 0 spiro atoms. The summed E-state index contributed by atoms with van der Waals surface area (Å²) < 4.78 is 9.96. The Labute approximate surface area is 162 Å². The van der Waals surface area contributed by atoms with Gasteiger partial charge >= 0.3 is 5.97 Å². The van der Waals surface area contributed by atoms with Gasteiger partial charge in [0, 0.05) is 16.4 Å². The van der Waals surface area contributed by atoms with Crippen LogP contribution in [-0.4, -0.2) is 26.0 Å². The number of ether oxygens (including phenoxy) is 2. The van der Waals surface area contributed by atoms with Gasteiger partial charge in [-0.15, -0.1) is 0 Å². The first-order valence-electron chi connectivity index (χ1n) is 8.21. The molecule has 0 saturated carbocycles. The first-order valence-corrected chi connectivity index (χ1v) is 8.59. The molecule has 0 aliphatic carbocycles. The number of esters is 1.